The number of benzene rings is 1. The lowest BCUT2D eigenvalue weighted by Crippen LogP contribution is -2.17. The van der Waals surface area contributed by atoms with Crippen LogP contribution in [0, 0.1) is 5.92 Å². The highest BCUT2D eigenvalue weighted by molar-refractivity contribution is 9.10. The van der Waals surface area contributed by atoms with Crippen molar-refractivity contribution in [3.63, 3.8) is 0 Å². The highest BCUT2D eigenvalue weighted by Gasteiger charge is 2.11. The fourth-order valence-electron chi connectivity index (χ4n) is 1.12. The van der Waals surface area contributed by atoms with Crippen molar-refractivity contribution in [3.05, 3.63) is 34.3 Å². The van der Waals surface area contributed by atoms with E-state index in [0.717, 1.165) is 10.9 Å². The molecule has 0 aliphatic heterocycles. The second-order valence-corrected chi connectivity index (χ2v) is 4.46. The molecule has 1 aromatic rings. The molecule has 2 heteroatoms. The Hall–Kier alpha value is -0.340. The van der Waals surface area contributed by atoms with Gasteiger partial charge in [0.15, 0.2) is 0 Å². The zero-order valence-electron chi connectivity index (χ0n) is 8.00. The van der Waals surface area contributed by atoms with Gasteiger partial charge in [-0.3, -0.25) is 0 Å². The summed E-state index contributed by atoms with van der Waals surface area (Å²) < 4.78 is 1.08. The topological polar surface area (TPSA) is 20.2 Å². The van der Waals surface area contributed by atoms with Crippen LogP contribution in [0.25, 0.3) is 0 Å². The summed E-state index contributed by atoms with van der Waals surface area (Å²) in [6.45, 7) is 4.06. The molecule has 0 amide bonds. The van der Waals surface area contributed by atoms with Gasteiger partial charge in [0.2, 0.25) is 0 Å². The van der Waals surface area contributed by atoms with Gasteiger partial charge in [0.05, 0.1) is 6.10 Å². The average Bonchev–Trinajstić information content (AvgIpc) is 2.08. The van der Waals surface area contributed by atoms with E-state index in [9.17, 15) is 5.11 Å². The smallest absolute Gasteiger partial charge is 0.0603 e. The highest BCUT2D eigenvalue weighted by atomic mass is 79.9. The Balaban J connectivity index is 2.69. The Bertz CT molecular complexity index is 271. The number of halogens is 1. The third kappa shape index (κ3) is 3.12. The molecule has 0 unspecified atom stereocenters. The fourth-order valence-corrected chi connectivity index (χ4v) is 1.57. The van der Waals surface area contributed by atoms with Crippen LogP contribution < -0.4 is 0 Å². The molecular formula is C11H15BrO. The monoisotopic (exact) mass is 242 g/mol. The van der Waals surface area contributed by atoms with E-state index in [0.29, 0.717) is 5.92 Å². The van der Waals surface area contributed by atoms with Crippen molar-refractivity contribution in [3.8, 4) is 0 Å². The second-order valence-electron chi connectivity index (χ2n) is 3.61. The molecule has 13 heavy (non-hydrogen) atoms. The number of aliphatic hydroxyl groups is 1. The molecule has 1 rings (SSSR count). The molecule has 1 atom stereocenters. The predicted molar refractivity (Wildman–Crippen MR) is 58.7 cm³/mol. The van der Waals surface area contributed by atoms with Crippen molar-refractivity contribution in [2.45, 2.75) is 26.4 Å². The van der Waals surface area contributed by atoms with Crippen LogP contribution >= 0.6 is 15.9 Å². The maximum absolute atomic E-state index is 9.68. The molecule has 0 saturated heterocycles. The van der Waals surface area contributed by atoms with Crippen LogP contribution in [0.4, 0.5) is 0 Å². The van der Waals surface area contributed by atoms with Crippen molar-refractivity contribution in [1.82, 2.24) is 0 Å². The first-order valence-electron chi connectivity index (χ1n) is 4.52. The van der Waals surface area contributed by atoms with E-state index < -0.39 is 0 Å². The lowest BCUT2D eigenvalue weighted by molar-refractivity contribution is 0.125. The normalized spacial score (nSPS) is 13.3. The van der Waals surface area contributed by atoms with Gasteiger partial charge < -0.3 is 5.11 Å². The van der Waals surface area contributed by atoms with Crippen LogP contribution in [-0.4, -0.2) is 11.2 Å². The van der Waals surface area contributed by atoms with Crippen LogP contribution in [0.2, 0.25) is 0 Å². The second kappa shape index (κ2) is 4.77. The van der Waals surface area contributed by atoms with E-state index in [1.807, 2.05) is 38.1 Å². The molecule has 1 N–H and O–H groups in total. The molecule has 0 aromatic heterocycles. The molecule has 0 spiro atoms. The summed E-state index contributed by atoms with van der Waals surface area (Å²) >= 11 is 3.46. The van der Waals surface area contributed by atoms with Gasteiger partial charge in [0.1, 0.15) is 0 Å². The zero-order chi connectivity index (χ0) is 9.84. The third-order valence-electron chi connectivity index (χ3n) is 2.16. The van der Waals surface area contributed by atoms with Crippen LogP contribution in [0.5, 0.6) is 0 Å². The van der Waals surface area contributed by atoms with Gasteiger partial charge in [-0.25, -0.2) is 0 Å². The SMILES string of the molecule is CC(C)[C@@H](O)Cc1ccccc1Br. The Morgan fingerprint density at radius 1 is 1.31 bits per heavy atom. The summed E-state index contributed by atoms with van der Waals surface area (Å²) in [5.41, 5.74) is 1.17. The lowest BCUT2D eigenvalue weighted by Gasteiger charge is -2.14. The summed E-state index contributed by atoms with van der Waals surface area (Å²) in [6, 6.07) is 8.01. The fraction of sp³-hybridized carbons (Fsp3) is 0.455. The number of aliphatic hydroxyl groups excluding tert-OH is 1. The molecule has 0 radical (unpaired) electrons. The maximum Gasteiger partial charge on any atom is 0.0603 e. The van der Waals surface area contributed by atoms with E-state index in [-0.39, 0.29) is 6.10 Å². The van der Waals surface area contributed by atoms with E-state index in [1.165, 1.54) is 5.56 Å². The van der Waals surface area contributed by atoms with Gasteiger partial charge in [-0.15, -0.1) is 0 Å². The Kier molecular flexibility index (Phi) is 3.94. The van der Waals surface area contributed by atoms with Gasteiger partial charge >= 0.3 is 0 Å². The quantitative estimate of drug-likeness (QED) is 0.865. The van der Waals surface area contributed by atoms with E-state index in [2.05, 4.69) is 15.9 Å². The molecule has 0 saturated carbocycles. The zero-order valence-corrected chi connectivity index (χ0v) is 9.58. The predicted octanol–water partition coefficient (Wildman–Crippen LogP) is 3.01. The summed E-state index contributed by atoms with van der Waals surface area (Å²) in [7, 11) is 0. The van der Waals surface area contributed by atoms with Gasteiger partial charge in [-0.05, 0) is 24.0 Å². The largest absolute Gasteiger partial charge is 0.393 e. The first kappa shape index (κ1) is 10.7. The number of hydrogen-bond donors (Lipinski definition) is 1. The minimum Gasteiger partial charge on any atom is -0.393 e. The Morgan fingerprint density at radius 3 is 2.46 bits per heavy atom. The van der Waals surface area contributed by atoms with Crippen molar-refractivity contribution < 1.29 is 5.11 Å². The van der Waals surface area contributed by atoms with Crippen molar-refractivity contribution >= 4 is 15.9 Å². The maximum atomic E-state index is 9.68. The summed E-state index contributed by atoms with van der Waals surface area (Å²) in [4.78, 5) is 0. The van der Waals surface area contributed by atoms with Crippen LogP contribution in [0.3, 0.4) is 0 Å². The molecule has 0 bridgehead atoms. The molecule has 1 nitrogen and oxygen atoms in total. The summed E-state index contributed by atoms with van der Waals surface area (Å²) in [5, 5.41) is 9.68. The molecule has 1 aromatic carbocycles. The third-order valence-corrected chi connectivity index (χ3v) is 2.93. The summed E-state index contributed by atoms with van der Waals surface area (Å²) in [5.74, 6) is 0.312. The molecule has 0 aliphatic carbocycles. The van der Waals surface area contributed by atoms with Crippen LogP contribution in [0.1, 0.15) is 19.4 Å². The van der Waals surface area contributed by atoms with Gasteiger partial charge in [-0.2, -0.15) is 0 Å². The molecule has 0 aliphatic rings. The molecule has 0 fully saturated rings. The molecular weight excluding hydrogens is 228 g/mol. The minimum absolute atomic E-state index is 0.251. The van der Waals surface area contributed by atoms with Crippen LogP contribution in [-0.2, 0) is 6.42 Å². The van der Waals surface area contributed by atoms with Crippen LogP contribution in [0.15, 0.2) is 28.7 Å². The minimum atomic E-state index is -0.251. The van der Waals surface area contributed by atoms with Gasteiger partial charge in [-0.1, -0.05) is 48.0 Å². The van der Waals surface area contributed by atoms with E-state index in [4.69, 9.17) is 0 Å². The van der Waals surface area contributed by atoms with Crippen molar-refractivity contribution in [1.29, 1.82) is 0 Å². The van der Waals surface area contributed by atoms with Crippen molar-refractivity contribution in [2.24, 2.45) is 5.92 Å². The van der Waals surface area contributed by atoms with Gasteiger partial charge in [0, 0.05) is 4.47 Å². The molecule has 0 heterocycles. The summed E-state index contributed by atoms with van der Waals surface area (Å²) in [6.07, 6.45) is 0.470. The lowest BCUT2D eigenvalue weighted by atomic mass is 9.99. The van der Waals surface area contributed by atoms with E-state index in [1.54, 1.807) is 0 Å². The first-order chi connectivity index (χ1) is 6.11. The van der Waals surface area contributed by atoms with Crippen molar-refractivity contribution in [2.75, 3.05) is 0 Å². The number of hydrogen-bond acceptors (Lipinski definition) is 1. The Labute approximate surface area is 87.9 Å². The average molecular weight is 243 g/mol. The highest BCUT2D eigenvalue weighted by Crippen LogP contribution is 2.19. The van der Waals surface area contributed by atoms with E-state index >= 15 is 0 Å². The Morgan fingerprint density at radius 2 is 1.92 bits per heavy atom. The first-order valence-corrected chi connectivity index (χ1v) is 5.32. The standard InChI is InChI=1S/C11H15BrO/c1-8(2)11(13)7-9-5-3-4-6-10(9)12/h3-6,8,11,13H,7H2,1-2H3/t11-/m0/s1. The number of rotatable bonds is 3. The molecule has 72 valence electrons. The van der Waals surface area contributed by atoms with Gasteiger partial charge in [0.25, 0.3) is 0 Å².